The van der Waals surface area contributed by atoms with E-state index < -0.39 is 0 Å². The fourth-order valence-corrected chi connectivity index (χ4v) is 4.44. The lowest BCUT2D eigenvalue weighted by atomic mass is 9.89. The van der Waals surface area contributed by atoms with Crippen LogP contribution in [0.1, 0.15) is 17.2 Å². The lowest BCUT2D eigenvalue weighted by Gasteiger charge is -2.32. The number of nitrogens with zero attached hydrogens (tertiary/aromatic N) is 5. The number of pyridine rings is 1. The number of nitriles is 1. The van der Waals surface area contributed by atoms with E-state index >= 15 is 0 Å². The van der Waals surface area contributed by atoms with Gasteiger partial charge in [0, 0.05) is 51.8 Å². The summed E-state index contributed by atoms with van der Waals surface area (Å²) in [7, 11) is 3.48. The van der Waals surface area contributed by atoms with E-state index in [1.807, 2.05) is 17.0 Å². The molecule has 2 aliphatic rings. The molecule has 2 aromatic rings. The van der Waals surface area contributed by atoms with Gasteiger partial charge in [-0.2, -0.15) is 5.26 Å². The third kappa shape index (κ3) is 3.15. The van der Waals surface area contributed by atoms with E-state index in [9.17, 15) is 9.18 Å². The van der Waals surface area contributed by atoms with Crippen molar-refractivity contribution in [3.63, 3.8) is 0 Å². The topological polar surface area (TPSA) is 63.5 Å². The smallest absolute Gasteiger partial charge is 0.320 e. The summed E-state index contributed by atoms with van der Waals surface area (Å²) >= 11 is 0. The summed E-state index contributed by atoms with van der Waals surface area (Å²) in [5, 5.41) is 8.96. The van der Waals surface area contributed by atoms with Gasteiger partial charge in [-0.1, -0.05) is 12.1 Å². The molecule has 0 saturated carbocycles. The fraction of sp³-hybridized carbons (Fsp3) is 0.381. The molecule has 2 saturated heterocycles. The van der Waals surface area contributed by atoms with Crippen LogP contribution in [-0.2, 0) is 0 Å². The molecular weight excluding hydrogens is 357 g/mol. The number of carbonyl (C=O) groups excluding carboxylic acids is 1. The van der Waals surface area contributed by atoms with Crippen LogP contribution in [0.2, 0.25) is 0 Å². The minimum absolute atomic E-state index is 0.0493. The molecule has 1 aromatic heterocycles. The van der Waals surface area contributed by atoms with Crippen molar-refractivity contribution >= 4 is 11.8 Å². The normalized spacial score (nSPS) is 23.4. The number of hydrogen-bond donors (Lipinski definition) is 0. The van der Waals surface area contributed by atoms with Crippen molar-refractivity contribution in [3.8, 4) is 6.07 Å². The first-order valence-electron chi connectivity index (χ1n) is 9.32. The summed E-state index contributed by atoms with van der Waals surface area (Å²) in [6.07, 6.45) is 1.58. The molecule has 7 heteroatoms. The van der Waals surface area contributed by atoms with Crippen LogP contribution in [0.25, 0.3) is 0 Å². The fourth-order valence-electron chi connectivity index (χ4n) is 4.44. The first-order valence-corrected chi connectivity index (χ1v) is 9.32. The van der Waals surface area contributed by atoms with Crippen LogP contribution >= 0.6 is 0 Å². The number of halogens is 1. The number of hydrogen-bond acceptors (Lipinski definition) is 4. The minimum Gasteiger partial charge on any atom is -0.356 e. The van der Waals surface area contributed by atoms with Crippen LogP contribution in [0.5, 0.6) is 0 Å². The van der Waals surface area contributed by atoms with E-state index in [0.717, 1.165) is 24.5 Å². The molecule has 0 bridgehead atoms. The van der Waals surface area contributed by atoms with Gasteiger partial charge in [0.2, 0.25) is 0 Å². The Morgan fingerprint density at radius 1 is 1.25 bits per heavy atom. The molecule has 6 nitrogen and oxygen atoms in total. The zero-order chi connectivity index (χ0) is 19.8. The van der Waals surface area contributed by atoms with E-state index in [4.69, 9.17) is 5.26 Å². The molecule has 4 rings (SSSR count). The first-order chi connectivity index (χ1) is 13.5. The summed E-state index contributed by atoms with van der Waals surface area (Å²) in [6, 6.07) is 12.0. The summed E-state index contributed by atoms with van der Waals surface area (Å²) in [5.41, 5.74) is 1.36. The van der Waals surface area contributed by atoms with Gasteiger partial charge < -0.3 is 14.7 Å². The Balaban J connectivity index is 1.63. The van der Waals surface area contributed by atoms with E-state index in [1.54, 1.807) is 37.3 Å². The second-order valence-electron chi connectivity index (χ2n) is 7.67. The number of anilines is 1. The Labute approximate surface area is 163 Å². The molecule has 0 aliphatic carbocycles. The lowest BCUT2D eigenvalue weighted by Crippen LogP contribution is -2.41. The average molecular weight is 379 g/mol. The number of benzene rings is 1. The molecule has 2 amide bonds. The van der Waals surface area contributed by atoms with E-state index in [1.165, 1.54) is 12.1 Å². The van der Waals surface area contributed by atoms with Crippen LogP contribution in [0, 0.1) is 29.0 Å². The Morgan fingerprint density at radius 3 is 2.71 bits per heavy atom. The first kappa shape index (κ1) is 18.2. The molecular formula is C21H22FN5O. The molecule has 0 N–H and O–H groups in total. The minimum atomic E-state index is -0.290. The van der Waals surface area contributed by atoms with Crippen molar-refractivity contribution in [1.29, 1.82) is 5.26 Å². The monoisotopic (exact) mass is 379 g/mol. The standard InChI is InChI=1S/C21H22FN5O/c1-25(2)21(28)27-12-16-11-26(19-7-6-14(9-23)10-24-19)13-18(16)20(27)15-4-3-5-17(22)8-15/h3-8,10,16,18,20H,11-13H2,1-2H3/t16-,18-,20-/m1/s1. The molecule has 0 unspecified atom stereocenters. The van der Waals surface area contributed by atoms with Crippen molar-refractivity contribution in [3.05, 3.63) is 59.5 Å². The SMILES string of the molecule is CN(C)C(=O)N1C[C@H]2CN(c3ccc(C#N)cn3)C[C@H]2[C@H]1c1cccc(F)c1. The van der Waals surface area contributed by atoms with Crippen molar-refractivity contribution in [2.24, 2.45) is 11.8 Å². The summed E-state index contributed by atoms with van der Waals surface area (Å²) in [6.45, 7) is 2.16. The van der Waals surface area contributed by atoms with Crippen LogP contribution in [-0.4, -0.2) is 54.5 Å². The van der Waals surface area contributed by atoms with Crippen LogP contribution < -0.4 is 4.90 Å². The molecule has 144 valence electrons. The van der Waals surface area contributed by atoms with Crippen LogP contribution in [0.15, 0.2) is 42.6 Å². The van der Waals surface area contributed by atoms with Crippen molar-refractivity contribution in [2.45, 2.75) is 6.04 Å². The second-order valence-corrected chi connectivity index (χ2v) is 7.67. The van der Waals surface area contributed by atoms with Gasteiger partial charge in [-0.05, 0) is 29.8 Å². The van der Waals surface area contributed by atoms with Gasteiger partial charge in [0.15, 0.2) is 0 Å². The third-order valence-corrected chi connectivity index (χ3v) is 5.68. The molecule has 28 heavy (non-hydrogen) atoms. The number of likely N-dealkylation sites (tertiary alicyclic amines) is 1. The highest BCUT2D eigenvalue weighted by Gasteiger charge is 2.49. The number of rotatable bonds is 2. The van der Waals surface area contributed by atoms with Crippen LogP contribution in [0.3, 0.4) is 0 Å². The quantitative estimate of drug-likeness (QED) is 0.805. The largest absolute Gasteiger partial charge is 0.356 e. The Kier molecular flexibility index (Phi) is 4.63. The maximum absolute atomic E-state index is 13.9. The van der Waals surface area contributed by atoms with Gasteiger partial charge in [0.1, 0.15) is 17.7 Å². The van der Waals surface area contributed by atoms with Crippen molar-refractivity contribution in [2.75, 3.05) is 38.6 Å². The molecule has 3 heterocycles. The lowest BCUT2D eigenvalue weighted by molar-refractivity contribution is 0.159. The van der Waals surface area contributed by atoms with Crippen LogP contribution in [0.4, 0.5) is 15.0 Å². The highest BCUT2D eigenvalue weighted by molar-refractivity contribution is 5.75. The Bertz CT molecular complexity index is 923. The zero-order valence-electron chi connectivity index (χ0n) is 15.9. The summed E-state index contributed by atoms with van der Waals surface area (Å²) < 4.78 is 13.9. The summed E-state index contributed by atoms with van der Waals surface area (Å²) in [4.78, 5) is 22.8. The molecule has 0 radical (unpaired) electrons. The predicted octanol–water partition coefficient (Wildman–Crippen LogP) is 2.88. The van der Waals surface area contributed by atoms with Gasteiger partial charge in [-0.25, -0.2) is 14.2 Å². The molecule has 2 fully saturated rings. The zero-order valence-corrected chi connectivity index (χ0v) is 15.9. The highest BCUT2D eigenvalue weighted by Crippen LogP contribution is 2.46. The molecule has 1 aromatic carbocycles. The number of amides is 2. The number of urea groups is 1. The number of aromatic nitrogens is 1. The van der Waals surface area contributed by atoms with Gasteiger partial charge in [-0.15, -0.1) is 0 Å². The molecule has 3 atom stereocenters. The maximum Gasteiger partial charge on any atom is 0.320 e. The summed E-state index contributed by atoms with van der Waals surface area (Å²) in [5.74, 6) is 1.02. The van der Waals surface area contributed by atoms with E-state index in [2.05, 4.69) is 16.0 Å². The van der Waals surface area contributed by atoms with E-state index in [-0.39, 0.29) is 29.7 Å². The molecule has 2 aliphatic heterocycles. The Hall–Kier alpha value is -3.14. The number of carbonyl (C=O) groups is 1. The van der Waals surface area contributed by atoms with Gasteiger partial charge in [0.25, 0.3) is 0 Å². The van der Waals surface area contributed by atoms with Gasteiger partial charge in [-0.3, -0.25) is 0 Å². The predicted molar refractivity (Wildman–Crippen MR) is 103 cm³/mol. The van der Waals surface area contributed by atoms with Gasteiger partial charge >= 0.3 is 6.03 Å². The second kappa shape index (κ2) is 7.12. The van der Waals surface area contributed by atoms with E-state index in [0.29, 0.717) is 12.1 Å². The molecule has 0 spiro atoms. The number of fused-ring (bicyclic) bond motifs is 1. The Morgan fingerprint density at radius 2 is 2.07 bits per heavy atom. The van der Waals surface area contributed by atoms with Gasteiger partial charge in [0.05, 0.1) is 11.6 Å². The van der Waals surface area contributed by atoms with Crippen molar-refractivity contribution in [1.82, 2.24) is 14.8 Å². The third-order valence-electron chi connectivity index (χ3n) is 5.68. The van der Waals surface area contributed by atoms with Crippen molar-refractivity contribution < 1.29 is 9.18 Å². The highest BCUT2D eigenvalue weighted by atomic mass is 19.1. The maximum atomic E-state index is 13.9. The average Bonchev–Trinajstić information content (AvgIpc) is 3.25.